The lowest BCUT2D eigenvalue weighted by molar-refractivity contribution is -0.286. The summed E-state index contributed by atoms with van der Waals surface area (Å²) in [6.45, 7) is -1.57. The Balaban J connectivity index is 2.57. The summed E-state index contributed by atoms with van der Waals surface area (Å²) in [5, 5.41) is 0.306. The monoisotopic (exact) mass is 355 g/mol. The highest BCUT2D eigenvalue weighted by atomic mass is 79.9. The summed E-state index contributed by atoms with van der Waals surface area (Å²) in [6.07, 6.45) is -4.24. The fourth-order valence-electron chi connectivity index (χ4n) is 1.86. The van der Waals surface area contributed by atoms with Gasteiger partial charge in [-0.3, -0.25) is 4.79 Å². The molecular weight excluding hydrogens is 349 g/mol. The van der Waals surface area contributed by atoms with Crippen molar-refractivity contribution in [1.29, 1.82) is 0 Å². The van der Waals surface area contributed by atoms with E-state index in [1.54, 1.807) is 6.07 Å². The number of alkyl halides is 5. The van der Waals surface area contributed by atoms with E-state index in [0.29, 0.717) is 16.1 Å². The smallest absolute Gasteiger partial charge is 0.340 e. The number of benzene rings is 1. The van der Waals surface area contributed by atoms with E-state index in [1.807, 2.05) is 0 Å². The van der Waals surface area contributed by atoms with E-state index in [4.69, 9.17) is 0 Å². The summed E-state index contributed by atoms with van der Waals surface area (Å²) >= 11 is 3.14. The molecule has 0 fully saturated rings. The third-order valence-electron chi connectivity index (χ3n) is 2.80. The Labute approximate surface area is 118 Å². The molecule has 0 unspecified atom stereocenters. The topological polar surface area (TPSA) is 22.0 Å². The van der Waals surface area contributed by atoms with Gasteiger partial charge < -0.3 is 4.57 Å². The van der Waals surface area contributed by atoms with E-state index in [9.17, 15) is 26.7 Å². The van der Waals surface area contributed by atoms with Crippen molar-refractivity contribution in [1.82, 2.24) is 4.57 Å². The van der Waals surface area contributed by atoms with Crippen LogP contribution in [0, 0.1) is 0 Å². The van der Waals surface area contributed by atoms with E-state index in [-0.39, 0.29) is 11.1 Å². The van der Waals surface area contributed by atoms with Crippen molar-refractivity contribution in [2.24, 2.45) is 0 Å². The molecule has 0 N–H and O–H groups in total. The molecule has 1 aromatic heterocycles. The van der Waals surface area contributed by atoms with Crippen molar-refractivity contribution >= 4 is 33.1 Å². The highest BCUT2D eigenvalue weighted by Crippen LogP contribution is 2.38. The Morgan fingerprint density at radius 2 is 1.85 bits per heavy atom. The van der Waals surface area contributed by atoms with Crippen LogP contribution in [0.5, 0.6) is 0 Å². The van der Waals surface area contributed by atoms with Gasteiger partial charge in [0.25, 0.3) is 0 Å². The highest BCUT2D eigenvalue weighted by molar-refractivity contribution is 9.10. The van der Waals surface area contributed by atoms with Gasteiger partial charge in [0.15, 0.2) is 6.29 Å². The number of rotatable bonds is 3. The molecule has 0 aliphatic heterocycles. The van der Waals surface area contributed by atoms with Gasteiger partial charge >= 0.3 is 12.1 Å². The molecule has 0 radical (unpaired) electrons. The number of carbonyl (C=O) groups excluding carboxylic acids is 1. The van der Waals surface area contributed by atoms with E-state index in [2.05, 4.69) is 15.9 Å². The van der Waals surface area contributed by atoms with E-state index in [0.717, 1.165) is 10.8 Å². The summed E-state index contributed by atoms with van der Waals surface area (Å²) in [4.78, 5) is 10.9. The largest absolute Gasteiger partial charge is 0.455 e. The summed E-state index contributed by atoms with van der Waals surface area (Å²) in [5.41, 5.74) is 0.177. The highest BCUT2D eigenvalue weighted by Gasteiger charge is 2.57. The quantitative estimate of drug-likeness (QED) is 0.590. The molecule has 0 atom stereocenters. The molecule has 2 rings (SSSR count). The zero-order valence-electron chi connectivity index (χ0n) is 9.72. The Morgan fingerprint density at radius 3 is 2.40 bits per heavy atom. The number of carbonyl (C=O) groups is 1. The third kappa shape index (κ3) is 2.44. The van der Waals surface area contributed by atoms with Crippen LogP contribution < -0.4 is 0 Å². The van der Waals surface area contributed by atoms with Crippen LogP contribution >= 0.6 is 15.9 Å². The van der Waals surface area contributed by atoms with E-state index < -0.39 is 18.6 Å². The Hall–Kier alpha value is -1.44. The fraction of sp³-hybridized carbons (Fsp3) is 0.250. The second-order valence-corrected chi connectivity index (χ2v) is 5.02. The first-order chi connectivity index (χ1) is 9.17. The molecular formula is C12H7BrF5NO. The minimum absolute atomic E-state index is 0.0467. The average molecular weight is 356 g/mol. The van der Waals surface area contributed by atoms with Gasteiger partial charge in [-0.25, -0.2) is 0 Å². The SMILES string of the molecule is O=Cc1cn(CC(F)(F)C(F)(F)F)c2cccc(Br)c12. The predicted molar refractivity (Wildman–Crippen MR) is 66.0 cm³/mol. The summed E-state index contributed by atoms with van der Waals surface area (Å²) < 4.78 is 64.1. The van der Waals surface area contributed by atoms with Crippen LogP contribution in [0.4, 0.5) is 22.0 Å². The lowest BCUT2D eigenvalue weighted by atomic mass is 10.2. The van der Waals surface area contributed by atoms with Gasteiger partial charge in [-0.1, -0.05) is 22.0 Å². The van der Waals surface area contributed by atoms with E-state index in [1.165, 1.54) is 12.1 Å². The van der Waals surface area contributed by atoms with Gasteiger partial charge in [-0.05, 0) is 12.1 Å². The van der Waals surface area contributed by atoms with Gasteiger partial charge in [0, 0.05) is 21.6 Å². The summed E-state index contributed by atoms with van der Waals surface area (Å²) in [5.74, 6) is -4.87. The molecule has 0 aliphatic rings. The van der Waals surface area contributed by atoms with Gasteiger partial charge in [0.2, 0.25) is 0 Å². The number of hydrogen-bond acceptors (Lipinski definition) is 1. The third-order valence-corrected chi connectivity index (χ3v) is 3.46. The minimum Gasteiger partial charge on any atom is -0.340 e. The zero-order chi connectivity index (χ0) is 15.1. The molecule has 1 aromatic carbocycles. The van der Waals surface area contributed by atoms with Crippen molar-refractivity contribution < 1.29 is 26.7 Å². The van der Waals surface area contributed by atoms with Crippen LogP contribution in [-0.2, 0) is 6.54 Å². The first kappa shape index (κ1) is 15.0. The maximum absolute atomic E-state index is 13.1. The van der Waals surface area contributed by atoms with E-state index >= 15 is 0 Å². The van der Waals surface area contributed by atoms with Crippen LogP contribution in [0.1, 0.15) is 10.4 Å². The number of aromatic nitrogens is 1. The first-order valence-corrected chi connectivity index (χ1v) is 6.14. The van der Waals surface area contributed by atoms with Gasteiger partial charge in [-0.15, -0.1) is 0 Å². The average Bonchev–Trinajstić information content (AvgIpc) is 2.67. The Bertz CT molecular complexity index is 662. The molecule has 0 aliphatic carbocycles. The second-order valence-electron chi connectivity index (χ2n) is 4.17. The number of aldehydes is 1. The maximum Gasteiger partial charge on any atom is 0.455 e. The first-order valence-electron chi connectivity index (χ1n) is 5.34. The molecule has 8 heteroatoms. The van der Waals surface area contributed by atoms with Gasteiger partial charge in [0.05, 0.1) is 12.1 Å². The van der Waals surface area contributed by atoms with Crippen LogP contribution in [-0.4, -0.2) is 23.0 Å². The molecule has 0 saturated heterocycles. The molecule has 0 bridgehead atoms. The Morgan fingerprint density at radius 1 is 1.20 bits per heavy atom. The van der Waals surface area contributed by atoms with Crippen molar-refractivity contribution in [3.63, 3.8) is 0 Å². The molecule has 0 amide bonds. The molecule has 1 heterocycles. The summed E-state index contributed by atoms with van der Waals surface area (Å²) in [7, 11) is 0. The number of hydrogen-bond donors (Lipinski definition) is 0. The zero-order valence-corrected chi connectivity index (χ0v) is 11.3. The number of halogens is 6. The predicted octanol–water partition coefficient (Wildman–Crippen LogP) is 4.41. The molecule has 2 nitrogen and oxygen atoms in total. The second kappa shape index (κ2) is 4.83. The van der Waals surface area contributed by atoms with Crippen LogP contribution in [0.3, 0.4) is 0 Å². The van der Waals surface area contributed by atoms with Crippen LogP contribution in [0.15, 0.2) is 28.9 Å². The molecule has 0 saturated carbocycles. The van der Waals surface area contributed by atoms with Crippen molar-refractivity contribution in [3.8, 4) is 0 Å². The standard InChI is InChI=1S/C12H7BrF5NO/c13-8-2-1-3-9-10(8)7(5-20)4-19(9)6-11(14,15)12(16,17)18/h1-5H,6H2. The molecule has 108 valence electrons. The fourth-order valence-corrected chi connectivity index (χ4v) is 2.45. The molecule has 20 heavy (non-hydrogen) atoms. The lowest BCUT2D eigenvalue weighted by Gasteiger charge is -2.20. The molecule has 2 aromatic rings. The van der Waals surface area contributed by atoms with Crippen molar-refractivity contribution in [2.45, 2.75) is 18.6 Å². The van der Waals surface area contributed by atoms with Crippen LogP contribution in [0.25, 0.3) is 10.9 Å². The van der Waals surface area contributed by atoms with Gasteiger partial charge in [-0.2, -0.15) is 22.0 Å². The number of fused-ring (bicyclic) bond motifs is 1. The Kier molecular flexibility index (Phi) is 3.62. The summed E-state index contributed by atoms with van der Waals surface area (Å²) in [6, 6.07) is 4.43. The maximum atomic E-state index is 13.1. The molecule has 0 spiro atoms. The number of nitrogens with zero attached hydrogens (tertiary/aromatic N) is 1. The normalized spacial score (nSPS) is 12.9. The van der Waals surface area contributed by atoms with Crippen molar-refractivity contribution in [3.05, 3.63) is 34.4 Å². The van der Waals surface area contributed by atoms with Crippen LogP contribution in [0.2, 0.25) is 0 Å². The van der Waals surface area contributed by atoms with Gasteiger partial charge in [0.1, 0.15) is 0 Å². The lowest BCUT2D eigenvalue weighted by Crippen LogP contribution is -2.40. The van der Waals surface area contributed by atoms with Crippen molar-refractivity contribution in [2.75, 3.05) is 0 Å². The minimum atomic E-state index is -5.64.